The van der Waals surface area contributed by atoms with Gasteiger partial charge in [-0.15, -0.1) is 0 Å². The summed E-state index contributed by atoms with van der Waals surface area (Å²) in [7, 11) is 2.05. The third-order valence-corrected chi connectivity index (χ3v) is 2.98. The van der Waals surface area contributed by atoms with Crippen molar-refractivity contribution in [3.63, 3.8) is 0 Å². The average Bonchev–Trinajstić information content (AvgIpc) is 2.42. The molecule has 0 fully saturated rings. The summed E-state index contributed by atoms with van der Waals surface area (Å²) >= 11 is 0. The van der Waals surface area contributed by atoms with Crippen molar-refractivity contribution in [1.29, 1.82) is 0 Å². The van der Waals surface area contributed by atoms with Crippen LogP contribution in [-0.2, 0) is 4.79 Å². The Morgan fingerprint density at radius 1 is 1.37 bits per heavy atom. The minimum Gasteiger partial charge on any atom is -0.393 e. The van der Waals surface area contributed by atoms with Gasteiger partial charge in [0.1, 0.15) is 0 Å². The quantitative estimate of drug-likeness (QED) is 0.704. The number of carbonyl (C=O) groups is 1. The van der Waals surface area contributed by atoms with Crippen molar-refractivity contribution in [2.75, 3.05) is 25.0 Å². The van der Waals surface area contributed by atoms with E-state index < -0.39 is 6.10 Å². The van der Waals surface area contributed by atoms with Crippen LogP contribution in [0.5, 0.6) is 0 Å². The highest BCUT2D eigenvalue weighted by Crippen LogP contribution is 2.10. The molecule has 2 N–H and O–H groups in total. The lowest BCUT2D eigenvalue weighted by molar-refractivity contribution is -0.121. The lowest BCUT2D eigenvalue weighted by Gasteiger charge is -2.19. The van der Waals surface area contributed by atoms with Gasteiger partial charge in [0.2, 0.25) is 5.91 Å². The number of benzene rings is 1. The molecule has 1 aromatic carbocycles. The molecule has 0 saturated heterocycles. The molecule has 0 bridgehead atoms. The van der Waals surface area contributed by atoms with Crippen molar-refractivity contribution in [1.82, 2.24) is 5.32 Å². The molecule has 4 heteroatoms. The number of amides is 1. The number of nitrogens with one attached hydrogen (secondary N) is 1. The maximum atomic E-state index is 11.4. The lowest BCUT2D eigenvalue weighted by Crippen LogP contribution is -2.28. The van der Waals surface area contributed by atoms with E-state index in [0.717, 1.165) is 13.0 Å². The van der Waals surface area contributed by atoms with Crippen LogP contribution in [0.2, 0.25) is 0 Å². The molecular formula is C15H24N2O2. The third kappa shape index (κ3) is 6.82. The first-order valence-corrected chi connectivity index (χ1v) is 6.80. The fraction of sp³-hybridized carbons (Fsp3) is 0.533. The molecular weight excluding hydrogens is 240 g/mol. The first-order chi connectivity index (χ1) is 9.09. The minimum absolute atomic E-state index is 0.0169. The van der Waals surface area contributed by atoms with E-state index in [9.17, 15) is 4.79 Å². The molecule has 0 saturated carbocycles. The van der Waals surface area contributed by atoms with E-state index in [2.05, 4.69) is 22.3 Å². The van der Waals surface area contributed by atoms with E-state index in [4.69, 9.17) is 5.11 Å². The molecule has 0 aliphatic rings. The second kappa shape index (κ2) is 8.53. The van der Waals surface area contributed by atoms with Gasteiger partial charge in [0, 0.05) is 32.2 Å². The van der Waals surface area contributed by atoms with Gasteiger partial charge in [0.15, 0.2) is 0 Å². The van der Waals surface area contributed by atoms with Crippen molar-refractivity contribution in [3.05, 3.63) is 30.3 Å². The van der Waals surface area contributed by atoms with Crippen LogP contribution in [-0.4, -0.2) is 37.3 Å². The van der Waals surface area contributed by atoms with Gasteiger partial charge < -0.3 is 15.3 Å². The Hall–Kier alpha value is -1.55. The third-order valence-electron chi connectivity index (χ3n) is 2.98. The van der Waals surface area contributed by atoms with Gasteiger partial charge in [-0.25, -0.2) is 0 Å². The second-order valence-corrected chi connectivity index (χ2v) is 4.85. The predicted octanol–water partition coefficient (Wildman–Crippen LogP) is 1.79. The van der Waals surface area contributed by atoms with Crippen LogP contribution < -0.4 is 10.2 Å². The molecule has 0 heterocycles. The van der Waals surface area contributed by atoms with Crippen LogP contribution in [0.25, 0.3) is 0 Å². The van der Waals surface area contributed by atoms with Gasteiger partial charge in [-0.1, -0.05) is 18.2 Å². The molecule has 0 aliphatic heterocycles. The van der Waals surface area contributed by atoms with Crippen LogP contribution in [0.15, 0.2) is 30.3 Å². The Morgan fingerprint density at radius 3 is 2.68 bits per heavy atom. The lowest BCUT2D eigenvalue weighted by atomic mass is 10.2. The SMILES string of the molecule is CC(O)CCC(=O)NCCCN(C)c1ccccc1. The highest BCUT2D eigenvalue weighted by molar-refractivity contribution is 5.75. The van der Waals surface area contributed by atoms with E-state index in [1.807, 2.05) is 25.2 Å². The van der Waals surface area contributed by atoms with Crippen molar-refractivity contribution in [2.24, 2.45) is 0 Å². The number of hydrogen-bond acceptors (Lipinski definition) is 3. The Bertz CT molecular complexity index is 366. The summed E-state index contributed by atoms with van der Waals surface area (Å²) in [4.78, 5) is 13.6. The number of carbonyl (C=O) groups excluding carboxylic acids is 1. The highest BCUT2D eigenvalue weighted by atomic mass is 16.3. The first-order valence-electron chi connectivity index (χ1n) is 6.80. The number of anilines is 1. The van der Waals surface area contributed by atoms with Gasteiger partial charge in [-0.3, -0.25) is 4.79 Å². The summed E-state index contributed by atoms with van der Waals surface area (Å²) in [5.41, 5.74) is 1.18. The second-order valence-electron chi connectivity index (χ2n) is 4.85. The molecule has 106 valence electrons. The summed E-state index contributed by atoms with van der Waals surface area (Å²) < 4.78 is 0. The predicted molar refractivity (Wildman–Crippen MR) is 78.3 cm³/mol. The summed E-state index contributed by atoms with van der Waals surface area (Å²) in [6, 6.07) is 10.2. The molecule has 0 radical (unpaired) electrons. The van der Waals surface area contributed by atoms with E-state index in [1.165, 1.54) is 5.69 Å². The Morgan fingerprint density at radius 2 is 2.05 bits per heavy atom. The standard InChI is InChI=1S/C15H24N2O2/c1-13(18)9-10-15(19)16-11-6-12-17(2)14-7-4-3-5-8-14/h3-5,7-8,13,18H,6,9-12H2,1-2H3,(H,16,19). The van der Waals surface area contributed by atoms with Gasteiger partial charge in [-0.05, 0) is 31.9 Å². The van der Waals surface area contributed by atoms with Gasteiger partial charge in [0.25, 0.3) is 0 Å². The zero-order chi connectivity index (χ0) is 14.1. The molecule has 1 unspecified atom stereocenters. The molecule has 0 aliphatic carbocycles. The van der Waals surface area contributed by atoms with Gasteiger partial charge >= 0.3 is 0 Å². The van der Waals surface area contributed by atoms with E-state index in [0.29, 0.717) is 19.4 Å². The number of aliphatic hydroxyl groups excluding tert-OH is 1. The first kappa shape index (κ1) is 15.5. The summed E-state index contributed by atoms with van der Waals surface area (Å²) in [6.45, 7) is 3.28. The van der Waals surface area contributed by atoms with E-state index in [1.54, 1.807) is 6.92 Å². The summed E-state index contributed by atoms with van der Waals surface area (Å²) in [5, 5.41) is 12.0. The monoisotopic (exact) mass is 264 g/mol. The van der Waals surface area contributed by atoms with E-state index in [-0.39, 0.29) is 5.91 Å². The Labute approximate surface area is 115 Å². The molecule has 0 aromatic heterocycles. The molecule has 1 rings (SSSR count). The van der Waals surface area contributed by atoms with Gasteiger partial charge in [-0.2, -0.15) is 0 Å². The van der Waals surface area contributed by atoms with Crippen molar-refractivity contribution < 1.29 is 9.90 Å². The molecule has 1 aromatic rings. The highest BCUT2D eigenvalue weighted by Gasteiger charge is 2.04. The van der Waals surface area contributed by atoms with Crippen LogP contribution in [0.1, 0.15) is 26.2 Å². The van der Waals surface area contributed by atoms with E-state index >= 15 is 0 Å². The molecule has 1 atom stereocenters. The fourth-order valence-corrected chi connectivity index (χ4v) is 1.78. The number of aliphatic hydroxyl groups is 1. The molecule has 0 spiro atoms. The average molecular weight is 264 g/mol. The maximum Gasteiger partial charge on any atom is 0.220 e. The number of rotatable bonds is 8. The van der Waals surface area contributed by atoms with Crippen LogP contribution >= 0.6 is 0 Å². The summed E-state index contributed by atoms with van der Waals surface area (Å²) in [5.74, 6) is 0.0169. The normalized spacial score (nSPS) is 11.9. The number of hydrogen-bond donors (Lipinski definition) is 2. The molecule has 19 heavy (non-hydrogen) atoms. The van der Waals surface area contributed by atoms with Crippen molar-refractivity contribution in [3.8, 4) is 0 Å². The van der Waals surface area contributed by atoms with Crippen molar-refractivity contribution >= 4 is 11.6 Å². The number of nitrogens with zero attached hydrogens (tertiary/aromatic N) is 1. The number of para-hydroxylation sites is 1. The van der Waals surface area contributed by atoms with Gasteiger partial charge in [0.05, 0.1) is 6.10 Å². The van der Waals surface area contributed by atoms with Crippen molar-refractivity contribution in [2.45, 2.75) is 32.3 Å². The smallest absolute Gasteiger partial charge is 0.220 e. The largest absolute Gasteiger partial charge is 0.393 e. The fourth-order valence-electron chi connectivity index (χ4n) is 1.78. The van der Waals surface area contributed by atoms with Crippen LogP contribution in [0, 0.1) is 0 Å². The topological polar surface area (TPSA) is 52.6 Å². The zero-order valence-corrected chi connectivity index (χ0v) is 11.8. The zero-order valence-electron chi connectivity index (χ0n) is 11.8. The Kier molecular flexibility index (Phi) is 6.97. The molecule has 1 amide bonds. The van der Waals surface area contributed by atoms with Crippen LogP contribution in [0.4, 0.5) is 5.69 Å². The Balaban J connectivity index is 2.12. The molecule has 4 nitrogen and oxygen atoms in total. The minimum atomic E-state index is -0.407. The van der Waals surface area contributed by atoms with Crippen LogP contribution in [0.3, 0.4) is 0 Å². The maximum absolute atomic E-state index is 11.4. The summed E-state index contributed by atoms with van der Waals surface area (Å²) in [6.07, 6.45) is 1.42.